The third-order valence-corrected chi connectivity index (χ3v) is 5.34. The Balaban J connectivity index is 1.67. The van der Waals surface area contributed by atoms with E-state index in [1.807, 2.05) is 0 Å². The van der Waals surface area contributed by atoms with Gasteiger partial charge in [0.1, 0.15) is 17.1 Å². The number of rotatable bonds is 13. The van der Waals surface area contributed by atoms with Crippen LogP contribution in [0.2, 0.25) is 0 Å². The average Bonchev–Trinajstić information content (AvgIpc) is 3.62. The van der Waals surface area contributed by atoms with E-state index in [0.29, 0.717) is 0 Å². The lowest BCUT2D eigenvalue weighted by Gasteiger charge is -2.12. The predicted molar refractivity (Wildman–Crippen MR) is 142 cm³/mol. The van der Waals surface area contributed by atoms with E-state index in [-0.39, 0.29) is 54.9 Å². The number of amides is 6. The van der Waals surface area contributed by atoms with Gasteiger partial charge in [0.25, 0.3) is 29.5 Å². The van der Waals surface area contributed by atoms with E-state index in [2.05, 4.69) is 64.2 Å². The third kappa shape index (κ3) is 10.3. The van der Waals surface area contributed by atoms with Crippen LogP contribution >= 0.6 is 0 Å². The second-order valence-corrected chi connectivity index (χ2v) is 8.87. The van der Waals surface area contributed by atoms with Crippen LogP contribution in [0.25, 0.3) is 0 Å². The molecular weight excluding hydrogens is 556 g/mol. The zero-order valence-corrected chi connectivity index (χ0v) is 22.7. The summed E-state index contributed by atoms with van der Waals surface area (Å²) in [5.41, 5.74) is 25.0. The first-order chi connectivity index (χ1) is 19.8. The number of aliphatic imine (C=N–C) groups is 1. The quantitative estimate of drug-likeness (QED) is 0.0599. The molecule has 0 unspecified atom stereocenters. The second kappa shape index (κ2) is 15.4. The van der Waals surface area contributed by atoms with Crippen LogP contribution in [0.5, 0.6) is 0 Å². The minimum absolute atomic E-state index is 0.00377. The number of carbonyl (C=O) groups excluding carboxylic acids is 6. The fourth-order valence-corrected chi connectivity index (χ4v) is 3.19. The second-order valence-electron chi connectivity index (χ2n) is 8.87. The van der Waals surface area contributed by atoms with Gasteiger partial charge in [-0.15, -0.1) is 0 Å². The van der Waals surface area contributed by atoms with Crippen molar-refractivity contribution in [2.24, 2.45) is 16.5 Å². The van der Waals surface area contributed by atoms with Gasteiger partial charge in [-0.2, -0.15) is 4.99 Å². The zero-order valence-electron chi connectivity index (χ0n) is 22.7. The largest absolute Gasteiger partial charge is 0.530 e. The molecule has 0 aliphatic heterocycles. The van der Waals surface area contributed by atoms with Gasteiger partial charge in [-0.3, -0.25) is 24.0 Å². The lowest BCUT2D eigenvalue weighted by Crippen LogP contribution is -3.00. The van der Waals surface area contributed by atoms with Crippen LogP contribution in [0.1, 0.15) is 42.0 Å². The van der Waals surface area contributed by atoms with Gasteiger partial charge in [-0.05, 0) is 24.3 Å². The topological polar surface area (TPSA) is 371 Å². The number of nitrogens with zero attached hydrogens (tertiary/aromatic N) is 1. The van der Waals surface area contributed by atoms with Crippen LogP contribution < -0.4 is 60.7 Å². The lowest BCUT2D eigenvalue weighted by molar-refractivity contribution is -0.517. The summed E-state index contributed by atoms with van der Waals surface area (Å²) in [6.45, 7) is -0.0421. The highest BCUT2D eigenvalue weighted by Gasteiger charge is 2.22. The summed E-state index contributed by atoms with van der Waals surface area (Å²) in [6, 6.07) is 3.82. The first-order valence-electron chi connectivity index (χ1n) is 12.4. The number of quaternary nitrogens is 4. The van der Waals surface area contributed by atoms with Crippen LogP contribution in [-0.2, 0) is 9.59 Å². The van der Waals surface area contributed by atoms with Crippen molar-refractivity contribution in [2.45, 2.75) is 12.1 Å². The smallest absolute Gasteiger partial charge is 0.370 e. The molecule has 0 aromatic carbocycles. The standard InChI is InChI=1S/C22H32N14O6/c23-9(7-31-17(39)11-1-3-13(33-11)19(41)35-21(25)26)15(37)29-5-6-30-16(38)10(24)8-32-18(40)12-2-4-14(34-12)20(42)36-22(27)28/h1-4,9-10,33-34H,5-8,23-24H2,(H,29,37)(H,30,38)(H,31,39)(H,32,40)(H4,25,26,35,41)(H4,27,28,36,42)/p+5/t9-,10-/m0/s1. The van der Waals surface area contributed by atoms with Crippen molar-refractivity contribution < 1.29 is 56.7 Å². The Morgan fingerprint density at radius 2 is 1.17 bits per heavy atom. The molecule has 2 aromatic heterocycles. The molecule has 2 rings (SSSR count). The van der Waals surface area contributed by atoms with Gasteiger partial charge in [0, 0.05) is 13.1 Å². The molecule has 226 valence electrons. The molecule has 0 aliphatic rings. The molecule has 0 fully saturated rings. The summed E-state index contributed by atoms with van der Waals surface area (Å²) >= 11 is 0. The van der Waals surface area contributed by atoms with Crippen LogP contribution in [0.4, 0.5) is 0 Å². The maximum atomic E-state index is 12.3. The summed E-state index contributed by atoms with van der Waals surface area (Å²) in [7, 11) is 0. The Labute approximate surface area is 237 Å². The SMILES string of the molecule is NC(N)=NC(=O)c1ccc(C(=O)NC[C@H]([NH3+])C(=O)NCCNC(=O)[C@@H]([NH3+])CNC(=O)c2ccc(C(=O)[NH+]=C([NH3+])[NH3+])[nH]2)[nH]1. The molecule has 23 N–H and O–H groups in total. The summed E-state index contributed by atoms with van der Waals surface area (Å²) < 4.78 is 0. The molecule has 2 atom stereocenters. The minimum atomic E-state index is -0.852. The predicted octanol–water partition coefficient (Wildman–Crippen LogP) is -10.6. The summed E-state index contributed by atoms with van der Waals surface area (Å²) in [5.74, 6) is -3.54. The van der Waals surface area contributed by atoms with E-state index in [4.69, 9.17) is 11.5 Å². The molecule has 20 nitrogen and oxygen atoms in total. The Kier molecular flexibility index (Phi) is 12.0. The summed E-state index contributed by atoms with van der Waals surface area (Å²) in [5, 5.41) is 10.2. The zero-order chi connectivity index (χ0) is 31.4. The van der Waals surface area contributed by atoms with Crippen molar-refractivity contribution in [3.63, 3.8) is 0 Å². The summed E-state index contributed by atoms with van der Waals surface area (Å²) in [4.78, 5) is 83.7. The molecule has 0 aliphatic carbocycles. The highest BCUT2D eigenvalue weighted by Crippen LogP contribution is 2.04. The number of nitrogens with two attached hydrogens (primary N) is 2. The molecule has 0 saturated carbocycles. The maximum Gasteiger partial charge on any atom is 0.530 e. The van der Waals surface area contributed by atoms with Crippen molar-refractivity contribution in [3.05, 3.63) is 47.0 Å². The van der Waals surface area contributed by atoms with Crippen molar-refractivity contribution in [2.75, 3.05) is 26.2 Å². The molecule has 6 amide bonds. The Bertz CT molecular complexity index is 1280. The van der Waals surface area contributed by atoms with Gasteiger partial charge in [-0.25, -0.2) is 16.3 Å². The molecule has 0 radical (unpaired) electrons. The molecule has 0 spiro atoms. The molecule has 0 bridgehead atoms. The van der Waals surface area contributed by atoms with E-state index in [1.54, 1.807) is 0 Å². The van der Waals surface area contributed by atoms with Crippen molar-refractivity contribution >= 4 is 47.4 Å². The molecule has 2 heterocycles. The first kappa shape index (κ1) is 32.8. The van der Waals surface area contributed by atoms with Crippen LogP contribution in [0, 0.1) is 0 Å². The number of nitrogens with one attached hydrogen (secondary N) is 7. The fraction of sp³-hybridized carbons (Fsp3) is 0.273. The van der Waals surface area contributed by atoms with E-state index in [0.717, 1.165) is 0 Å². The number of carbonyl (C=O) groups is 6. The highest BCUT2D eigenvalue weighted by atomic mass is 16.2. The van der Waals surface area contributed by atoms with Crippen molar-refractivity contribution in [1.29, 1.82) is 0 Å². The van der Waals surface area contributed by atoms with Crippen molar-refractivity contribution in [3.8, 4) is 0 Å². The van der Waals surface area contributed by atoms with E-state index < -0.39 is 53.5 Å². The van der Waals surface area contributed by atoms with Gasteiger partial charge in [-0.1, -0.05) is 4.99 Å². The van der Waals surface area contributed by atoms with Gasteiger partial charge in [0.2, 0.25) is 0 Å². The highest BCUT2D eigenvalue weighted by molar-refractivity contribution is 6.02. The molecule has 2 aromatic rings. The van der Waals surface area contributed by atoms with Gasteiger partial charge < -0.3 is 54.2 Å². The van der Waals surface area contributed by atoms with Crippen molar-refractivity contribution in [1.82, 2.24) is 31.2 Å². The maximum absolute atomic E-state index is 12.3. The number of aromatic nitrogens is 2. The Morgan fingerprint density at radius 1 is 0.738 bits per heavy atom. The van der Waals surface area contributed by atoms with E-state index in [9.17, 15) is 28.8 Å². The molecule has 0 saturated heterocycles. The van der Waals surface area contributed by atoms with Gasteiger partial charge in [0.15, 0.2) is 23.7 Å². The molecule has 20 heteroatoms. The van der Waals surface area contributed by atoms with Crippen LogP contribution in [-0.4, -0.2) is 95.6 Å². The Morgan fingerprint density at radius 3 is 1.62 bits per heavy atom. The number of hydrogen-bond donors (Lipinski definition) is 13. The number of aromatic amines is 2. The van der Waals surface area contributed by atoms with Gasteiger partial charge in [0.05, 0.1) is 13.1 Å². The lowest BCUT2D eigenvalue weighted by atomic mass is 10.2. The molecular formula is C22H37N14O6+5. The monoisotopic (exact) mass is 593 g/mol. The third-order valence-electron chi connectivity index (χ3n) is 5.34. The van der Waals surface area contributed by atoms with Gasteiger partial charge >= 0.3 is 11.9 Å². The van der Waals surface area contributed by atoms with E-state index in [1.165, 1.54) is 24.3 Å². The van der Waals surface area contributed by atoms with E-state index >= 15 is 0 Å². The fourth-order valence-electron chi connectivity index (χ4n) is 3.19. The Hall–Kier alpha value is -5.44. The summed E-state index contributed by atoms with van der Waals surface area (Å²) in [6.07, 6.45) is 0. The first-order valence-corrected chi connectivity index (χ1v) is 12.4. The number of hydrogen-bond acceptors (Lipinski definition) is 6. The van der Waals surface area contributed by atoms with Crippen LogP contribution in [0.15, 0.2) is 29.3 Å². The number of H-pyrrole nitrogens is 2. The molecule has 42 heavy (non-hydrogen) atoms. The normalized spacial score (nSPS) is 11.8. The minimum Gasteiger partial charge on any atom is -0.370 e. The van der Waals surface area contributed by atoms with Crippen LogP contribution in [0.3, 0.4) is 0 Å². The average molecular weight is 594 g/mol. The number of guanidine groups is 2.